The highest BCUT2D eigenvalue weighted by Crippen LogP contribution is 2.48. The van der Waals surface area contributed by atoms with Crippen molar-refractivity contribution in [2.45, 2.75) is 0 Å². The molecule has 0 saturated carbocycles. The summed E-state index contributed by atoms with van der Waals surface area (Å²) in [6, 6.07) is 0. The highest BCUT2D eigenvalue weighted by atomic mass is 127. The third-order valence-corrected chi connectivity index (χ3v) is 9.68. The van der Waals surface area contributed by atoms with E-state index >= 15 is 0 Å². The Morgan fingerprint density at radius 2 is 2.00 bits per heavy atom. The quantitative estimate of drug-likeness (QED) is 0.219. The van der Waals surface area contributed by atoms with E-state index < -0.39 is 0 Å². The lowest BCUT2D eigenvalue weighted by Gasteiger charge is -1.95. The number of halogens is 3. The fraction of sp³-hybridized carbons (Fsp3) is 0. The number of hydrogen-bond donors (Lipinski definition) is 0. The molecule has 0 aliphatic rings. The van der Waals surface area contributed by atoms with Crippen molar-refractivity contribution in [2.24, 2.45) is 0 Å². The summed E-state index contributed by atoms with van der Waals surface area (Å²) in [7, 11) is 5.57. The Bertz CT molecular complexity index is 51.3. The highest BCUT2D eigenvalue weighted by molar-refractivity contribution is 14.2. The van der Waals surface area contributed by atoms with Gasteiger partial charge < -0.3 is 0 Å². The Hall–Kier alpha value is 2.75. The smallest absolute Gasteiger partial charge is 0.0719 e. The number of rotatable bonds is 4. The average Bonchev–Trinajstić information content (AvgIpc) is 1.66. The van der Waals surface area contributed by atoms with Gasteiger partial charge in [0.05, 0.1) is 22.9 Å². The molecule has 0 aliphatic carbocycles. The normalized spacial score (nSPS) is 10.5. The minimum Gasteiger partial charge on any atom is -0.111 e. The molecule has 0 heterocycles. The van der Waals surface area contributed by atoms with Crippen LogP contribution in [-0.4, -0.2) is 2.74 Å². The largest absolute Gasteiger partial charge is 0.111 e. The van der Waals surface area contributed by atoms with Gasteiger partial charge in [0.2, 0.25) is 0 Å². The van der Waals surface area contributed by atoms with E-state index in [0.29, 0.717) is 2.74 Å². The molecule has 0 N–H and O–H groups in total. The highest BCUT2D eigenvalue weighted by Gasteiger charge is 1.96. The van der Waals surface area contributed by atoms with E-state index in [0.717, 1.165) is 11.0 Å². The molecule has 0 rings (SSSR count). The summed E-state index contributed by atoms with van der Waals surface area (Å²) in [6.07, 6.45) is 0. The van der Waals surface area contributed by atoms with Crippen molar-refractivity contribution in [3.8, 4) is 0 Å². The van der Waals surface area contributed by atoms with Gasteiger partial charge in [0.25, 0.3) is 0 Å². The van der Waals surface area contributed by atoms with Crippen molar-refractivity contribution in [1.82, 2.24) is 2.74 Å². The Labute approximate surface area is 88.4 Å². The molecule has 8 heavy (non-hydrogen) atoms. The predicted molar refractivity (Wildman–Crippen MR) is 61.4 cm³/mol. The van der Waals surface area contributed by atoms with E-state index in [-0.39, 0.29) is 0 Å². The first kappa shape index (κ1) is 10.8. The van der Waals surface area contributed by atoms with E-state index in [2.05, 4.69) is 21.2 Å². The lowest BCUT2D eigenvalue weighted by Crippen LogP contribution is -1.72. The summed E-state index contributed by atoms with van der Waals surface area (Å²) >= 11 is 3.70. The van der Waals surface area contributed by atoms with Crippen LogP contribution in [0.3, 0.4) is 0 Å². The van der Waals surface area contributed by atoms with Crippen molar-refractivity contribution < 1.29 is 4.48 Å². The van der Waals surface area contributed by atoms with E-state index in [9.17, 15) is 4.48 Å². The first-order valence-corrected chi connectivity index (χ1v) is 9.46. The maximum atomic E-state index is 11.8. The number of hydrogen-bond acceptors (Lipinski definition) is 5. The third-order valence-electron chi connectivity index (χ3n) is 0.140. The maximum Gasteiger partial charge on any atom is 0.0719 e. The van der Waals surface area contributed by atoms with Gasteiger partial charge in [-0.15, -0.1) is 4.48 Å². The zero-order valence-electron chi connectivity index (χ0n) is 3.21. The van der Waals surface area contributed by atoms with Gasteiger partial charge in [-0.25, -0.2) is 0 Å². The fourth-order valence-corrected chi connectivity index (χ4v) is 9.10. The fourth-order valence-electron chi connectivity index (χ4n) is 0.0459. The second kappa shape index (κ2) is 7.85. The Balaban J connectivity index is 2.72. The van der Waals surface area contributed by atoms with Crippen LogP contribution in [0.5, 0.6) is 0 Å². The van der Waals surface area contributed by atoms with Crippen LogP contribution in [-0.2, 0) is 0 Å². The molecular formula is FI2NS4. The van der Waals surface area contributed by atoms with Gasteiger partial charge in [-0.2, -0.15) is 0 Å². The van der Waals surface area contributed by atoms with E-state index in [1.807, 2.05) is 0 Å². The molecule has 0 aliphatic heterocycles. The molecule has 0 saturated heterocycles. The lowest BCUT2D eigenvalue weighted by atomic mass is 13.8. The van der Waals surface area contributed by atoms with Crippen molar-refractivity contribution in [1.29, 1.82) is 0 Å². The first-order chi connectivity index (χ1) is 3.77. The third kappa shape index (κ3) is 8.75. The van der Waals surface area contributed by atoms with Gasteiger partial charge in [0, 0.05) is 42.0 Å². The molecule has 0 aromatic carbocycles. The summed E-state index contributed by atoms with van der Waals surface area (Å²) in [5.74, 6) is 0. The molecule has 50 valence electrons. The molecular weight excluding hydrogens is 415 g/mol. The average molecular weight is 415 g/mol. The number of nitrogens with zero attached hydrogens (tertiary/aromatic N) is 1. The summed E-state index contributed by atoms with van der Waals surface area (Å²) in [6.45, 7) is 0. The summed E-state index contributed by atoms with van der Waals surface area (Å²) in [4.78, 5) is 0. The molecule has 0 unspecified atom stereocenters. The van der Waals surface area contributed by atoms with Crippen LogP contribution in [0.1, 0.15) is 0 Å². The van der Waals surface area contributed by atoms with Gasteiger partial charge in [-0.3, -0.25) is 0 Å². The molecule has 0 fully saturated rings. The van der Waals surface area contributed by atoms with Crippen LogP contribution >= 0.6 is 82.7 Å². The zero-order valence-corrected chi connectivity index (χ0v) is 10.8. The summed E-state index contributed by atoms with van der Waals surface area (Å²) in [5, 5.41) is 0. The van der Waals surface area contributed by atoms with Gasteiger partial charge in [-0.05, 0) is 20.5 Å². The molecule has 0 spiro atoms. The van der Waals surface area contributed by atoms with Crippen LogP contribution in [0.25, 0.3) is 0 Å². The zero-order chi connectivity index (χ0) is 6.41. The van der Waals surface area contributed by atoms with Crippen LogP contribution < -0.4 is 0 Å². The van der Waals surface area contributed by atoms with Crippen LogP contribution in [0.4, 0.5) is 4.48 Å². The molecule has 0 amide bonds. The molecule has 1 nitrogen and oxygen atoms in total. The topological polar surface area (TPSA) is 3.24 Å². The second-order valence-corrected chi connectivity index (χ2v) is 10.2. The molecule has 0 aromatic rings. The maximum absolute atomic E-state index is 11.8. The van der Waals surface area contributed by atoms with Crippen molar-refractivity contribution in [3.63, 3.8) is 0 Å². The molecule has 0 aromatic heterocycles. The van der Waals surface area contributed by atoms with E-state index in [1.165, 1.54) is 19.7 Å². The summed E-state index contributed by atoms with van der Waals surface area (Å²) in [5.41, 5.74) is 0. The van der Waals surface area contributed by atoms with Crippen molar-refractivity contribution >= 4 is 82.7 Å². The Morgan fingerprint density at radius 3 is 2.38 bits per heavy atom. The van der Waals surface area contributed by atoms with Crippen molar-refractivity contribution in [2.75, 3.05) is 0 Å². The van der Waals surface area contributed by atoms with Crippen molar-refractivity contribution in [3.05, 3.63) is 0 Å². The van der Waals surface area contributed by atoms with Gasteiger partial charge >= 0.3 is 0 Å². The second-order valence-electron chi connectivity index (χ2n) is 0.476. The van der Waals surface area contributed by atoms with E-state index in [4.69, 9.17) is 0 Å². The van der Waals surface area contributed by atoms with Crippen LogP contribution in [0.2, 0.25) is 0 Å². The minimum absolute atomic E-state index is 0.544. The minimum atomic E-state index is 0.544. The molecule has 0 radical (unpaired) electrons. The Morgan fingerprint density at radius 1 is 1.38 bits per heavy atom. The van der Waals surface area contributed by atoms with Crippen LogP contribution in [0, 0.1) is 0 Å². The standard InChI is InChI=1S/FI2NS4/c1-4(2)6-8-7-5-3. The van der Waals surface area contributed by atoms with Gasteiger partial charge in [0.1, 0.15) is 0 Å². The Kier molecular flexibility index (Phi) is 10.6. The molecule has 0 bridgehead atoms. The van der Waals surface area contributed by atoms with Gasteiger partial charge in [-0.1, -0.05) is 0 Å². The first-order valence-electron chi connectivity index (χ1n) is 1.17. The van der Waals surface area contributed by atoms with E-state index in [1.54, 1.807) is 30.8 Å². The van der Waals surface area contributed by atoms with Gasteiger partial charge in [0.15, 0.2) is 0 Å². The molecule has 0 atom stereocenters. The summed E-state index contributed by atoms with van der Waals surface area (Å²) < 4.78 is 12.3. The SMILES string of the molecule is FN(I)SSSSI. The molecule has 8 heteroatoms. The monoisotopic (exact) mass is 415 g/mol. The van der Waals surface area contributed by atoms with Crippen LogP contribution in [0.15, 0.2) is 0 Å². The predicted octanol–water partition coefficient (Wildman–Crippen LogP) is 4.47. The lowest BCUT2D eigenvalue weighted by molar-refractivity contribution is 0.334.